The summed E-state index contributed by atoms with van der Waals surface area (Å²) in [6.45, 7) is 0.124. The Morgan fingerprint density at radius 3 is 2.67 bits per heavy atom. The van der Waals surface area contributed by atoms with E-state index in [1.165, 1.54) is 36.4 Å². The molecule has 0 atom stereocenters. The van der Waals surface area contributed by atoms with Crippen LogP contribution >= 0.6 is 0 Å². The quantitative estimate of drug-likeness (QED) is 0.405. The SMILES string of the molecule is C=CCc1cc([N+](=O)[O-])ccc1OCC(=O)Nc1ccccc1OC(F)F. The molecule has 0 aromatic heterocycles. The molecule has 1 amide bonds. The maximum atomic E-state index is 12.4. The molecule has 0 aliphatic carbocycles. The second-order valence-corrected chi connectivity index (χ2v) is 5.25. The molecule has 27 heavy (non-hydrogen) atoms. The van der Waals surface area contributed by atoms with Gasteiger partial charge in [0, 0.05) is 17.7 Å². The summed E-state index contributed by atoms with van der Waals surface area (Å²) in [4.78, 5) is 22.4. The van der Waals surface area contributed by atoms with Crippen LogP contribution < -0.4 is 14.8 Å². The molecule has 2 rings (SSSR count). The van der Waals surface area contributed by atoms with E-state index in [0.29, 0.717) is 12.0 Å². The molecule has 1 N–H and O–H groups in total. The third-order valence-electron chi connectivity index (χ3n) is 3.36. The smallest absolute Gasteiger partial charge is 0.387 e. The van der Waals surface area contributed by atoms with E-state index in [1.807, 2.05) is 0 Å². The van der Waals surface area contributed by atoms with Gasteiger partial charge in [-0.2, -0.15) is 8.78 Å². The van der Waals surface area contributed by atoms with Gasteiger partial charge < -0.3 is 14.8 Å². The van der Waals surface area contributed by atoms with Crippen LogP contribution in [0.4, 0.5) is 20.2 Å². The number of para-hydroxylation sites is 2. The molecule has 9 heteroatoms. The molecule has 0 fully saturated rings. The molecule has 0 unspecified atom stereocenters. The number of halogens is 2. The Balaban J connectivity index is 2.06. The Morgan fingerprint density at radius 2 is 2.00 bits per heavy atom. The molecular weight excluding hydrogens is 362 g/mol. The van der Waals surface area contributed by atoms with Crippen molar-refractivity contribution in [2.24, 2.45) is 0 Å². The number of ether oxygens (including phenoxy) is 2. The summed E-state index contributed by atoms with van der Waals surface area (Å²) in [7, 11) is 0. The highest BCUT2D eigenvalue weighted by Gasteiger charge is 2.14. The van der Waals surface area contributed by atoms with Gasteiger partial charge in [-0.15, -0.1) is 6.58 Å². The highest BCUT2D eigenvalue weighted by Crippen LogP contribution is 2.27. The molecule has 2 aromatic rings. The summed E-state index contributed by atoms with van der Waals surface area (Å²) in [6.07, 6.45) is 1.85. The number of nitro groups is 1. The lowest BCUT2D eigenvalue weighted by atomic mass is 10.1. The average Bonchev–Trinajstić information content (AvgIpc) is 2.62. The maximum Gasteiger partial charge on any atom is 0.387 e. The molecule has 0 aliphatic heterocycles. The highest BCUT2D eigenvalue weighted by atomic mass is 19.3. The van der Waals surface area contributed by atoms with Crippen LogP contribution in [0.3, 0.4) is 0 Å². The number of allylic oxidation sites excluding steroid dienone is 1. The Labute approximate surface area is 153 Å². The zero-order valence-corrected chi connectivity index (χ0v) is 14.1. The van der Waals surface area contributed by atoms with Gasteiger partial charge in [-0.3, -0.25) is 14.9 Å². The number of hydrogen-bond donors (Lipinski definition) is 1. The number of carbonyl (C=O) groups is 1. The summed E-state index contributed by atoms with van der Waals surface area (Å²) in [6, 6.07) is 9.71. The van der Waals surface area contributed by atoms with Gasteiger partial charge in [0.05, 0.1) is 10.6 Å². The van der Waals surface area contributed by atoms with Gasteiger partial charge in [-0.25, -0.2) is 0 Å². The lowest BCUT2D eigenvalue weighted by molar-refractivity contribution is -0.384. The van der Waals surface area contributed by atoms with E-state index in [-0.39, 0.29) is 22.9 Å². The molecule has 2 aromatic carbocycles. The highest BCUT2D eigenvalue weighted by molar-refractivity contribution is 5.93. The van der Waals surface area contributed by atoms with Crippen LogP contribution in [-0.2, 0) is 11.2 Å². The fourth-order valence-corrected chi connectivity index (χ4v) is 2.23. The van der Waals surface area contributed by atoms with Crippen molar-refractivity contribution < 1.29 is 28.0 Å². The van der Waals surface area contributed by atoms with Gasteiger partial charge in [0.1, 0.15) is 11.5 Å². The Morgan fingerprint density at radius 1 is 1.26 bits per heavy atom. The molecule has 0 saturated heterocycles. The first-order valence-electron chi connectivity index (χ1n) is 7.75. The van der Waals surface area contributed by atoms with E-state index in [9.17, 15) is 23.7 Å². The number of amides is 1. The summed E-state index contributed by atoms with van der Waals surface area (Å²) >= 11 is 0. The largest absolute Gasteiger partial charge is 0.483 e. The Kier molecular flexibility index (Phi) is 6.81. The number of nitro benzene ring substituents is 1. The van der Waals surface area contributed by atoms with Crippen LogP contribution in [0.1, 0.15) is 5.56 Å². The second kappa shape index (κ2) is 9.27. The van der Waals surface area contributed by atoms with Crippen LogP contribution in [0.15, 0.2) is 55.1 Å². The van der Waals surface area contributed by atoms with Crippen molar-refractivity contribution in [2.75, 3.05) is 11.9 Å². The number of rotatable bonds is 9. The van der Waals surface area contributed by atoms with Crippen LogP contribution in [0.25, 0.3) is 0 Å². The lowest BCUT2D eigenvalue weighted by Gasteiger charge is -2.13. The van der Waals surface area contributed by atoms with Crippen molar-refractivity contribution in [3.8, 4) is 11.5 Å². The van der Waals surface area contributed by atoms with Crippen LogP contribution in [0.2, 0.25) is 0 Å². The predicted octanol–water partition coefficient (Wildman–Crippen LogP) is 3.94. The first kappa shape index (κ1) is 19.8. The van der Waals surface area contributed by atoms with Gasteiger partial charge in [-0.05, 0) is 24.6 Å². The number of nitrogens with zero attached hydrogens (tertiary/aromatic N) is 1. The van der Waals surface area contributed by atoms with Gasteiger partial charge in [0.2, 0.25) is 0 Å². The zero-order valence-electron chi connectivity index (χ0n) is 14.1. The predicted molar refractivity (Wildman–Crippen MR) is 94.2 cm³/mol. The number of nitrogens with one attached hydrogen (secondary N) is 1. The summed E-state index contributed by atoms with van der Waals surface area (Å²) in [5.41, 5.74) is 0.455. The molecule has 0 heterocycles. The topological polar surface area (TPSA) is 90.7 Å². The third kappa shape index (κ3) is 5.77. The van der Waals surface area contributed by atoms with Crippen molar-refractivity contribution in [3.05, 3.63) is 70.8 Å². The van der Waals surface area contributed by atoms with Gasteiger partial charge in [0.25, 0.3) is 11.6 Å². The van der Waals surface area contributed by atoms with E-state index in [4.69, 9.17) is 4.74 Å². The standard InChI is InChI=1S/C18H16F2N2O5/c1-2-5-12-10-13(22(24)25)8-9-15(12)26-11-17(23)21-14-6-3-4-7-16(14)27-18(19)20/h2-4,6-10,18H,1,5,11H2,(H,21,23). The molecule has 0 spiro atoms. The van der Waals surface area contributed by atoms with Crippen molar-refractivity contribution in [1.82, 2.24) is 0 Å². The number of benzene rings is 2. The first-order chi connectivity index (χ1) is 12.9. The maximum absolute atomic E-state index is 12.4. The molecular formula is C18H16F2N2O5. The van der Waals surface area contributed by atoms with E-state index >= 15 is 0 Å². The fourth-order valence-electron chi connectivity index (χ4n) is 2.23. The number of alkyl halides is 2. The number of non-ortho nitro benzene ring substituents is 1. The minimum atomic E-state index is -3.03. The van der Waals surface area contributed by atoms with Gasteiger partial charge in [-0.1, -0.05) is 18.2 Å². The zero-order chi connectivity index (χ0) is 19.8. The van der Waals surface area contributed by atoms with Crippen LogP contribution in [-0.4, -0.2) is 24.0 Å². The van der Waals surface area contributed by atoms with Crippen molar-refractivity contribution in [2.45, 2.75) is 13.0 Å². The van der Waals surface area contributed by atoms with E-state index in [2.05, 4.69) is 16.6 Å². The van der Waals surface area contributed by atoms with E-state index in [1.54, 1.807) is 12.1 Å². The monoisotopic (exact) mass is 378 g/mol. The molecule has 142 valence electrons. The second-order valence-electron chi connectivity index (χ2n) is 5.25. The molecule has 0 bridgehead atoms. The minimum Gasteiger partial charge on any atom is -0.483 e. The normalized spacial score (nSPS) is 10.3. The fraction of sp³-hybridized carbons (Fsp3) is 0.167. The Hall–Kier alpha value is -3.49. The summed E-state index contributed by atoms with van der Waals surface area (Å²) in [5.74, 6) is -0.500. The van der Waals surface area contributed by atoms with Crippen molar-refractivity contribution in [1.29, 1.82) is 0 Å². The molecule has 0 radical (unpaired) electrons. The van der Waals surface area contributed by atoms with Crippen LogP contribution in [0, 0.1) is 10.1 Å². The van der Waals surface area contributed by atoms with E-state index in [0.717, 1.165) is 0 Å². The molecule has 0 saturated carbocycles. The number of carbonyl (C=O) groups excluding carboxylic acids is 1. The van der Waals surface area contributed by atoms with Crippen molar-refractivity contribution in [3.63, 3.8) is 0 Å². The number of anilines is 1. The summed E-state index contributed by atoms with van der Waals surface area (Å²) < 4.78 is 34.5. The number of hydrogen-bond acceptors (Lipinski definition) is 5. The van der Waals surface area contributed by atoms with E-state index < -0.39 is 24.0 Å². The van der Waals surface area contributed by atoms with Crippen molar-refractivity contribution >= 4 is 17.3 Å². The minimum absolute atomic E-state index is 0.0708. The molecule has 7 nitrogen and oxygen atoms in total. The van der Waals surface area contributed by atoms with Crippen LogP contribution in [0.5, 0.6) is 11.5 Å². The first-order valence-corrected chi connectivity index (χ1v) is 7.75. The van der Waals surface area contributed by atoms with Gasteiger partial charge >= 0.3 is 6.61 Å². The third-order valence-corrected chi connectivity index (χ3v) is 3.36. The average molecular weight is 378 g/mol. The molecule has 0 aliphatic rings. The van der Waals surface area contributed by atoms with Gasteiger partial charge in [0.15, 0.2) is 6.61 Å². The Bertz CT molecular complexity index is 842. The lowest BCUT2D eigenvalue weighted by Crippen LogP contribution is -2.21. The summed E-state index contributed by atoms with van der Waals surface area (Å²) in [5, 5.41) is 13.3.